The van der Waals surface area contributed by atoms with E-state index in [-0.39, 0.29) is 33.6 Å². The molecular weight excluding hydrogens is 533 g/mol. The fourth-order valence-corrected chi connectivity index (χ4v) is 4.52. The molecule has 2 aromatic rings. The lowest BCUT2D eigenvalue weighted by molar-refractivity contribution is 0.00809. The minimum Gasteiger partial charge on any atom is -0.461 e. The van der Waals surface area contributed by atoms with Gasteiger partial charge in [0.25, 0.3) is 18.3 Å². The number of carbonyl (C=O) groups is 2. The molecule has 1 aliphatic heterocycles. The van der Waals surface area contributed by atoms with Crippen LogP contribution in [0.25, 0.3) is 10.4 Å². The van der Waals surface area contributed by atoms with Crippen molar-refractivity contribution in [1.82, 2.24) is 14.9 Å². The van der Waals surface area contributed by atoms with Crippen LogP contribution in [0.15, 0.2) is 12.3 Å². The molecule has 1 aliphatic rings. The van der Waals surface area contributed by atoms with Crippen LogP contribution in [-0.2, 0) is 4.74 Å². The Morgan fingerprint density at radius 3 is 2.41 bits per heavy atom. The summed E-state index contributed by atoms with van der Waals surface area (Å²) in [6.45, 7) is 1.02. The highest BCUT2D eigenvalue weighted by Crippen LogP contribution is 2.40. The zero-order chi connectivity index (χ0) is 27.9. The molecule has 1 atom stereocenters. The van der Waals surface area contributed by atoms with E-state index < -0.39 is 55.5 Å². The van der Waals surface area contributed by atoms with Gasteiger partial charge in [-0.1, -0.05) is 6.92 Å². The summed E-state index contributed by atoms with van der Waals surface area (Å²) in [5, 5.41) is 2.68. The Morgan fingerprint density at radius 2 is 1.89 bits per heavy atom. The first-order valence-electron chi connectivity index (χ1n) is 11.1. The van der Waals surface area contributed by atoms with E-state index in [2.05, 4.69) is 15.3 Å². The van der Waals surface area contributed by atoms with E-state index in [0.717, 1.165) is 11.3 Å². The van der Waals surface area contributed by atoms with Gasteiger partial charge in [-0.3, -0.25) is 4.79 Å². The molecule has 1 N–H and O–H groups in total. The van der Waals surface area contributed by atoms with Gasteiger partial charge in [0.15, 0.2) is 0 Å². The van der Waals surface area contributed by atoms with Crippen LogP contribution in [-0.4, -0.2) is 65.1 Å². The van der Waals surface area contributed by atoms with Crippen LogP contribution in [0.5, 0.6) is 0 Å². The summed E-state index contributed by atoms with van der Waals surface area (Å²) in [6.07, 6.45) is -1.52. The summed E-state index contributed by atoms with van der Waals surface area (Å²) < 4.78 is 89.6. The minimum atomic E-state index is -3.67. The molecule has 1 amide bonds. The summed E-state index contributed by atoms with van der Waals surface area (Å²) in [5.74, 6) is -4.55. The molecule has 0 saturated carbocycles. The van der Waals surface area contributed by atoms with E-state index in [0.29, 0.717) is 17.9 Å². The number of carbonyl (C=O) groups excluding carboxylic acids is 2. The molecule has 0 aliphatic carbocycles. The summed E-state index contributed by atoms with van der Waals surface area (Å²) in [7, 11) is 0. The second-order valence-corrected chi connectivity index (χ2v) is 8.89. The molecule has 3 heterocycles. The summed E-state index contributed by atoms with van der Waals surface area (Å²) in [6, 6.07) is 0.377. The van der Waals surface area contributed by atoms with Gasteiger partial charge in [0.1, 0.15) is 11.5 Å². The van der Waals surface area contributed by atoms with Gasteiger partial charge in [0.2, 0.25) is 5.01 Å². The van der Waals surface area contributed by atoms with Crippen molar-refractivity contribution < 1.29 is 45.1 Å². The quantitative estimate of drug-likeness (QED) is 0.307. The number of halogens is 7. The summed E-state index contributed by atoms with van der Waals surface area (Å²) in [5.41, 5.74) is -0.871. The van der Waals surface area contributed by atoms with Gasteiger partial charge in [-0.2, -0.15) is 13.2 Å². The smallest absolute Gasteiger partial charge is 0.379 e. The number of amides is 1. The number of thiazole rings is 1. The second-order valence-electron chi connectivity index (χ2n) is 7.89. The molecule has 0 bridgehead atoms. The lowest BCUT2D eigenvalue weighted by Gasteiger charge is -2.20. The van der Waals surface area contributed by atoms with Gasteiger partial charge in [-0.25, -0.2) is 32.3 Å². The third-order valence-corrected chi connectivity index (χ3v) is 6.11. The zero-order valence-corrected chi connectivity index (χ0v) is 20.9. The van der Waals surface area contributed by atoms with E-state index >= 15 is 0 Å². The third kappa shape index (κ3) is 8.01. The topological polar surface area (TPSA) is 84.4 Å². The van der Waals surface area contributed by atoms with E-state index in [1.165, 1.54) is 19.2 Å². The standard InChI is InChI=1S/C21H24F4N4O3S.CHF3/c1-4-6-26-14-7-12(17(22)23)13(9-27-14)16-15(28-18(33-16)20(31)32-5-2)19(30)29-10-21(24,25)8-11(29)3;2-1(3)4/h7,9,11,17H,4-6,8,10H2,1-3H3,(H,26,27);1H. The van der Waals surface area contributed by atoms with Crippen LogP contribution in [0.3, 0.4) is 0 Å². The molecule has 2 aromatic heterocycles. The molecule has 206 valence electrons. The van der Waals surface area contributed by atoms with E-state index in [1.807, 2.05) is 6.92 Å². The Morgan fingerprint density at radius 1 is 1.24 bits per heavy atom. The zero-order valence-electron chi connectivity index (χ0n) is 20.0. The van der Waals surface area contributed by atoms with Gasteiger partial charge in [0.05, 0.1) is 18.0 Å². The van der Waals surface area contributed by atoms with Crippen LogP contribution in [0.2, 0.25) is 0 Å². The molecule has 0 radical (unpaired) electrons. The number of esters is 1. The first-order chi connectivity index (χ1) is 17.3. The number of nitrogens with one attached hydrogen (secondary N) is 1. The highest BCUT2D eigenvalue weighted by molar-refractivity contribution is 7.17. The van der Waals surface area contributed by atoms with Crippen molar-refractivity contribution in [2.75, 3.05) is 25.0 Å². The average Bonchev–Trinajstić information content (AvgIpc) is 3.37. The summed E-state index contributed by atoms with van der Waals surface area (Å²) in [4.78, 5) is 34.5. The first kappa shape index (κ1) is 30.3. The summed E-state index contributed by atoms with van der Waals surface area (Å²) >= 11 is 0.690. The number of pyridine rings is 1. The number of hydrogen-bond donors (Lipinski definition) is 1. The van der Waals surface area contributed by atoms with Gasteiger partial charge in [0, 0.05) is 36.3 Å². The number of likely N-dealkylation sites (tertiary alicyclic amines) is 1. The SMILES string of the molecule is CCCNc1cc(C(F)F)c(-c2sc(C(=O)OCC)nc2C(=O)N2CC(F)(F)CC2C)cn1.FC(F)F. The molecule has 7 nitrogen and oxygen atoms in total. The Hall–Kier alpha value is -2.97. The molecular formula is C22H25F7N4O3S. The molecule has 3 rings (SSSR count). The van der Waals surface area contributed by atoms with E-state index in [9.17, 15) is 40.3 Å². The average molecular weight is 559 g/mol. The van der Waals surface area contributed by atoms with Crippen molar-refractivity contribution >= 4 is 29.0 Å². The van der Waals surface area contributed by atoms with Gasteiger partial charge >= 0.3 is 12.6 Å². The van der Waals surface area contributed by atoms with Crippen LogP contribution >= 0.6 is 11.3 Å². The second kappa shape index (κ2) is 13.0. The Kier molecular flexibility index (Phi) is 10.6. The van der Waals surface area contributed by atoms with Crippen LogP contribution < -0.4 is 5.32 Å². The van der Waals surface area contributed by atoms with Gasteiger partial charge < -0.3 is 15.0 Å². The van der Waals surface area contributed by atoms with Crippen molar-refractivity contribution in [2.24, 2.45) is 0 Å². The maximum atomic E-state index is 13.9. The van der Waals surface area contributed by atoms with Crippen molar-refractivity contribution in [3.05, 3.63) is 28.5 Å². The molecule has 1 unspecified atom stereocenters. The largest absolute Gasteiger partial charge is 0.461 e. The maximum Gasteiger partial charge on any atom is 0.379 e. The number of anilines is 1. The normalized spacial score (nSPS) is 16.5. The molecule has 1 fully saturated rings. The van der Waals surface area contributed by atoms with Crippen molar-refractivity contribution in [1.29, 1.82) is 0 Å². The molecule has 1 saturated heterocycles. The molecule has 0 aromatic carbocycles. The fraction of sp³-hybridized carbons (Fsp3) is 0.545. The minimum absolute atomic E-state index is 0.0358. The van der Waals surface area contributed by atoms with E-state index in [4.69, 9.17) is 4.74 Å². The number of nitrogens with zero attached hydrogens (tertiary/aromatic N) is 3. The predicted molar refractivity (Wildman–Crippen MR) is 122 cm³/mol. The number of alkyl halides is 7. The Labute approximate surface area is 212 Å². The number of aromatic nitrogens is 2. The predicted octanol–water partition coefficient (Wildman–Crippen LogP) is 6.19. The van der Waals surface area contributed by atoms with Gasteiger partial charge in [-0.05, 0) is 26.3 Å². The van der Waals surface area contributed by atoms with Gasteiger partial charge in [-0.15, -0.1) is 11.3 Å². The number of ether oxygens (including phenoxy) is 1. The lowest BCUT2D eigenvalue weighted by atomic mass is 10.1. The number of rotatable bonds is 8. The highest BCUT2D eigenvalue weighted by Gasteiger charge is 2.46. The van der Waals surface area contributed by atoms with Crippen LogP contribution in [0.1, 0.15) is 65.9 Å². The number of hydrogen-bond acceptors (Lipinski definition) is 7. The van der Waals surface area contributed by atoms with Crippen LogP contribution in [0, 0.1) is 0 Å². The fourth-order valence-electron chi connectivity index (χ4n) is 3.54. The van der Waals surface area contributed by atoms with Crippen molar-refractivity contribution in [3.63, 3.8) is 0 Å². The Balaban J connectivity index is 0.00000112. The monoisotopic (exact) mass is 558 g/mol. The third-order valence-electron chi connectivity index (χ3n) is 5.04. The van der Waals surface area contributed by atoms with Crippen molar-refractivity contribution in [3.8, 4) is 10.4 Å². The Bertz CT molecular complexity index is 1080. The first-order valence-corrected chi connectivity index (χ1v) is 11.9. The molecule has 15 heteroatoms. The lowest BCUT2D eigenvalue weighted by Crippen LogP contribution is -2.35. The molecule has 37 heavy (non-hydrogen) atoms. The highest BCUT2D eigenvalue weighted by atomic mass is 32.1. The maximum absolute atomic E-state index is 13.9. The van der Waals surface area contributed by atoms with Crippen LogP contribution in [0.4, 0.5) is 36.6 Å². The molecule has 0 spiro atoms. The van der Waals surface area contributed by atoms with E-state index in [1.54, 1.807) is 6.92 Å². The van der Waals surface area contributed by atoms with Crippen molar-refractivity contribution in [2.45, 2.75) is 58.7 Å².